The van der Waals surface area contributed by atoms with E-state index in [0.717, 1.165) is 0 Å². The molecule has 0 aromatic heterocycles. The van der Waals surface area contributed by atoms with Gasteiger partial charge in [-0.25, -0.2) is 0 Å². The first-order valence-corrected chi connectivity index (χ1v) is 7.71. The maximum Gasteiger partial charge on any atom is 0.243 e. The maximum absolute atomic E-state index is 12.1. The van der Waals surface area contributed by atoms with Gasteiger partial charge in [-0.1, -0.05) is 0 Å². The fourth-order valence-electron chi connectivity index (χ4n) is 2.15. The number of nitrogens with zero attached hydrogens (tertiary/aromatic N) is 1. The van der Waals surface area contributed by atoms with Gasteiger partial charge in [0, 0.05) is 30.9 Å². The normalized spacial score (nSPS) is 17.8. The number of benzene rings is 1. The lowest BCUT2D eigenvalue weighted by Gasteiger charge is -2.22. The zero-order chi connectivity index (χ0) is 16.7. The number of carbonyl (C=O) groups is 2. The van der Waals surface area contributed by atoms with E-state index in [0.29, 0.717) is 44.1 Å². The molecule has 1 aromatic carbocycles. The molecule has 1 fully saturated rings. The Hall–Kier alpha value is -1.96. The molecule has 1 aliphatic rings. The zero-order valence-electron chi connectivity index (χ0n) is 13.6. The summed E-state index contributed by atoms with van der Waals surface area (Å²) >= 11 is 0. The Bertz CT molecular complexity index is 525. The summed E-state index contributed by atoms with van der Waals surface area (Å²) < 4.78 is 5.27. The Morgan fingerprint density at radius 2 is 1.87 bits per heavy atom. The molecule has 126 valence electrons. The van der Waals surface area contributed by atoms with Gasteiger partial charge < -0.3 is 25.6 Å². The minimum atomic E-state index is -0.325. The molecule has 1 aromatic rings. The fraction of sp³-hybridized carbons (Fsp3) is 0.500. The van der Waals surface area contributed by atoms with E-state index in [1.807, 2.05) is 19.0 Å². The second kappa shape index (κ2) is 8.61. The number of hydrogen-bond donors (Lipinski definition) is 3. The number of amides is 2. The average molecular weight is 320 g/mol. The van der Waals surface area contributed by atoms with Crippen molar-refractivity contribution in [1.82, 2.24) is 10.2 Å². The number of hydrogen-bond acceptors (Lipinski definition) is 5. The summed E-state index contributed by atoms with van der Waals surface area (Å²) in [6, 6.07) is 6.75. The van der Waals surface area contributed by atoms with E-state index in [1.54, 1.807) is 24.3 Å². The monoisotopic (exact) mass is 320 g/mol. The molecule has 0 radical (unpaired) electrons. The molecule has 1 atom stereocenters. The van der Waals surface area contributed by atoms with Gasteiger partial charge in [-0.3, -0.25) is 9.59 Å². The molecule has 0 bridgehead atoms. The highest BCUT2D eigenvalue weighted by molar-refractivity contribution is 5.95. The number of ether oxygens (including phenoxy) is 1. The summed E-state index contributed by atoms with van der Waals surface area (Å²) in [6.07, 6.45) is 0.443. The average Bonchev–Trinajstić information content (AvgIpc) is 2.55. The molecule has 1 saturated heterocycles. The number of morpholine rings is 1. The number of anilines is 2. The number of nitrogens with one attached hydrogen (secondary N) is 3. The van der Waals surface area contributed by atoms with Crippen LogP contribution in [0, 0.1) is 0 Å². The third-order valence-corrected chi connectivity index (χ3v) is 3.46. The van der Waals surface area contributed by atoms with Crippen LogP contribution in [0.2, 0.25) is 0 Å². The molecule has 23 heavy (non-hydrogen) atoms. The highest BCUT2D eigenvalue weighted by Gasteiger charge is 2.20. The van der Waals surface area contributed by atoms with E-state index in [4.69, 9.17) is 4.74 Å². The second-order valence-electron chi connectivity index (χ2n) is 5.75. The van der Waals surface area contributed by atoms with Crippen LogP contribution in [0.4, 0.5) is 11.4 Å². The van der Waals surface area contributed by atoms with Crippen molar-refractivity contribution in [3.63, 3.8) is 0 Å². The molecular weight excluding hydrogens is 296 g/mol. The van der Waals surface area contributed by atoms with Crippen LogP contribution in [0.5, 0.6) is 0 Å². The Labute approximate surface area is 136 Å². The van der Waals surface area contributed by atoms with E-state index in [1.165, 1.54) is 0 Å². The lowest BCUT2D eigenvalue weighted by Crippen LogP contribution is -2.48. The molecule has 7 nitrogen and oxygen atoms in total. The third-order valence-electron chi connectivity index (χ3n) is 3.46. The summed E-state index contributed by atoms with van der Waals surface area (Å²) in [5.41, 5.74) is 1.40. The summed E-state index contributed by atoms with van der Waals surface area (Å²) in [6.45, 7) is 2.39. The predicted molar refractivity (Wildman–Crippen MR) is 89.5 cm³/mol. The summed E-state index contributed by atoms with van der Waals surface area (Å²) in [5, 5.41) is 8.76. The van der Waals surface area contributed by atoms with Crippen molar-refractivity contribution in [2.24, 2.45) is 0 Å². The van der Waals surface area contributed by atoms with Crippen LogP contribution in [-0.4, -0.2) is 63.2 Å². The smallest absolute Gasteiger partial charge is 0.243 e. The number of carbonyl (C=O) groups excluding carboxylic acids is 2. The largest absolute Gasteiger partial charge is 0.378 e. The topological polar surface area (TPSA) is 82.7 Å². The molecule has 1 aliphatic heterocycles. The minimum absolute atomic E-state index is 0.0287. The van der Waals surface area contributed by atoms with Crippen molar-refractivity contribution in [3.8, 4) is 0 Å². The Balaban J connectivity index is 1.81. The molecule has 0 aliphatic carbocycles. The maximum atomic E-state index is 12.1. The zero-order valence-corrected chi connectivity index (χ0v) is 13.6. The molecule has 1 unspecified atom stereocenters. The van der Waals surface area contributed by atoms with Crippen LogP contribution in [0.3, 0.4) is 0 Å². The van der Waals surface area contributed by atoms with Crippen LogP contribution < -0.4 is 16.0 Å². The van der Waals surface area contributed by atoms with Crippen molar-refractivity contribution in [2.75, 3.05) is 51.0 Å². The van der Waals surface area contributed by atoms with Crippen molar-refractivity contribution >= 4 is 23.2 Å². The van der Waals surface area contributed by atoms with E-state index in [2.05, 4.69) is 16.0 Å². The van der Waals surface area contributed by atoms with E-state index < -0.39 is 0 Å². The quantitative estimate of drug-likeness (QED) is 0.711. The predicted octanol–water partition coefficient (Wildman–Crippen LogP) is 0.504. The first-order valence-electron chi connectivity index (χ1n) is 7.71. The SMILES string of the molecule is CN(C)CCC(=O)Nc1ccc(NC(=O)C2COCCN2)cc1. The van der Waals surface area contributed by atoms with Crippen molar-refractivity contribution in [1.29, 1.82) is 0 Å². The van der Waals surface area contributed by atoms with Crippen molar-refractivity contribution < 1.29 is 14.3 Å². The highest BCUT2D eigenvalue weighted by atomic mass is 16.5. The van der Waals surface area contributed by atoms with Gasteiger partial charge in [0.1, 0.15) is 6.04 Å². The highest BCUT2D eigenvalue weighted by Crippen LogP contribution is 2.14. The van der Waals surface area contributed by atoms with Crippen LogP contribution in [0.15, 0.2) is 24.3 Å². The third kappa shape index (κ3) is 5.97. The van der Waals surface area contributed by atoms with Gasteiger partial charge in [0.25, 0.3) is 0 Å². The van der Waals surface area contributed by atoms with E-state index >= 15 is 0 Å². The van der Waals surface area contributed by atoms with E-state index in [-0.39, 0.29) is 17.9 Å². The Morgan fingerprint density at radius 1 is 1.22 bits per heavy atom. The second-order valence-corrected chi connectivity index (χ2v) is 5.75. The molecule has 2 rings (SSSR count). The van der Waals surface area contributed by atoms with Gasteiger partial charge in [0.2, 0.25) is 11.8 Å². The van der Waals surface area contributed by atoms with Crippen molar-refractivity contribution in [2.45, 2.75) is 12.5 Å². The van der Waals surface area contributed by atoms with Crippen molar-refractivity contribution in [3.05, 3.63) is 24.3 Å². The van der Waals surface area contributed by atoms with Crippen LogP contribution in [0.25, 0.3) is 0 Å². The minimum Gasteiger partial charge on any atom is -0.378 e. The van der Waals surface area contributed by atoms with E-state index in [9.17, 15) is 9.59 Å². The van der Waals surface area contributed by atoms with Gasteiger partial charge in [0.05, 0.1) is 13.2 Å². The first kappa shape index (κ1) is 17.4. The van der Waals surface area contributed by atoms with Crippen LogP contribution in [-0.2, 0) is 14.3 Å². The molecule has 0 spiro atoms. The lowest BCUT2D eigenvalue weighted by atomic mass is 10.2. The summed E-state index contributed by atoms with van der Waals surface area (Å²) in [5.74, 6) is -0.147. The standard InChI is InChI=1S/C16H24N4O3/c1-20(2)9-7-15(21)18-12-3-5-13(6-4-12)19-16(22)14-11-23-10-8-17-14/h3-6,14,17H,7-11H2,1-2H3,(H,18,21)(H,19,22). The van der Waals surface area contributed by atoms with Crippen LogP contribution >= 0.6 is 0 Å². The number of rotatable bonds is 6. The first-order chi connectivity index (χ1) is 11.0. The lowest BCUT2D eigenvalue weighted by molar-refractivity contribution is -0.120. The molecule has 3 N–H and O–H groups in total. The van der Waals surface area contributed by atoms with Gasteiger partial charge in [-0.05, 0) is 38.4 Å². The summed E-state index contributed by atoms with van der Waals surface area (Å²) in [4.78, 5) is 25.8. The molecular formula is C16H24N4O3. The molecule has 1 heterocycles. The Kier molecular flexibility index (Phi) is 6.52. The van der Waals surface area contributed by atoms with Gasteiger partial charge in [0.15, 0.2) is 0 Å². The fourth-order valence-corrected chi connectivity index (χ4v) is 2.15. The van der Waals surface area contributed by atoms with Gasteiger partial charge in [-0.2, -0.15) is 0 Å². The molecule has 7 heteroatoms. The van der Waals surface area contributed by atoms with Gasteiger partial charge in [-0.15, -0.1) is 0 Å². The summed E-state index contributed by atoms with van der Waals surface area (Å²) in [7, 11) is 3.86. The molecule has 2 amide bonds. The molecule has 0 saturated carbocycles. The van der Waals surface area contributed by atoms with Gasteiger partial charge >= 0.3 is 0 Å². The van der Waals surface area contributed by atoms with Crippen LogP contribution in [0.1, 0.15) is 6.42 Å². The Morgan fingerprint density at radius 3 is 2.43 bits per heavy atom.